The average molecular weight is 329 g/mol. The van der Waals surface area contributed by atoms with Crippen molar-refractivity contribution in [3.8, 4) is 0 Å². The number of amidine groups is 1. The normalized spacial score (nSPS) is 18.7. The predicted molar refractivity (Wildman–Crippen MR) is 91.4 cm³/mol. The second-order valence-corrected chi connectivity index (χ2v) is 5.21. The number of hydrazone groups is 1. The van der Waals surface area contributed by atoms with Crippen LogP contribution in [0.5, 0.6) is 0 Å². The van der Waals surface area contributed by atoms with Crippen LogP contribution >= 0.6 is 11.8 Å². The molecule has 23 heavy (non-hydrogen) atoms. The highest BCUT2D eigenvalue weighted by molar-refractivity contribution is 8.27. The van der Waals surface area contributed by atoms with Gasteiger partial charge < -0.3 is 4.74 Å². The second kappa shape index (κ2) is 8.09. The van der Waals surface area contributed by atoms with E-state index in [2.05, 4.69) is 14.8 Å². The number of aliphatic imine (C=N–C) groups is 1. The van der Waals surface area contributed by atoms with Gasteiger partial charge in [-0.25, -0.2) is 14.8 Å². The van der Waals surface area contributed by atoms with E-state index in [1.54, 1.807) is 12.2 Å². The molecule has 7 heteroatoms. The molecule has 0 spiro atoms. The molecule has 1 saturated heterocycles. The van der Waals surface area contributed by atoms with Crippen LogP contribution in [0.15, 0.2) is 64.4 Å². The van der Waals surface area contributed by atoms with Crippen LogP contribution < -0.4 is 0 Å². The Balaban J connectivity index is 2.41. The van der Waals surface area contributed by atoms with Gasteiger partial charge in [0.1, 0.15) is 5.70 Å². The van der Waals surface area contributed by atoms with E-state index in [9.17, 15) is 9.59 Å². The van der Waals surface area contributed by atoms with Gasteiger partial charge in [-0.2, -0.15) is 5.10 Å². The molecule has 1 aromatic carbocycles. The lowest BCUT2D eigenvalue weighted by atomic mass is 10.3. The lowest BCUT2D eigenvalue weighted by Crippen LogP contribution is -2.18. The Bertz CT molecular complexity index is 709. The van der Waals surface area contributed by atoms with Crippen LogP contribution in [0.1, 0.15) is 6.92 Å². The third kappa shape index (κ3) is 4.40. The standard InChI is InChI=1S/C16H15N3O3S/c1-3-4-10-17-19-13(11-14(20)22-2)15(21)23-16(19)18-12-8-6-5-7-9-12/h3-11H,1-2H3/b4-3+,13-11+,17-10+,18-16?. The zero-order valence-corrected chi connectivity index (χ0v) is 13.5. The van der Waals surface area contributed by atoms with Crippen molar-refractivity contribution in [1.29, 1.82) is 0 Å². The molecule has 0 saturated carbocycles. The molecule has 1 aliphatic heterocycles. The smallest absolute Gasteiger partial charge is 0.332 e. The minimum absolute atomic E-state index is 0.109. The Morgan fingerprint density at radius 1 is 1.30 bits per heavy atom. The first kappa shape index (κ1) is 16.7. The molecular formula is C16H15N3O3S. The van der Waals surface area contributed by atoms with Crippen molar-refractivity contribution < 1.29 is 14.3 Å². The summed E-state index contributed by atoms with van der Waals surface area (Å²) < 4.78 is 4.58. The third-order valence-electron chi connectivity index (χ3n) is 2.70. The van der Waals surface area contributed by atoms with E-state index in [1.807, 2.05) is 37.3 Å². The Morgan fingerprint density at radius 2 is 2.04 bits per heavy atom. The molecule has 0 atom stereocenters. The highest BCUT2D eigenvalue weighted by Crippen LogP contribution is 2.31. The summed E-state index contributed by atoms with van der Waals surface area (Å²) in [4.78, 5) is 28.0. The summed E-state index contributed by atoms with van der Waals surface area (Å²) in [5, 5.41) is 5.57. The SMILES string of the molecule is C/C=C/C=N/N1C(=Nc2ccccc2)SC(=O)/C1=C\C(=O)OC. The van der Waals surface area contributed by atoms with Crippen LogP contribution in [-0.4, -0.2) is 34.6 Å². The van der Waals surface area contributed by atoms with E-state index in [0.29, 0.717) is 10.9 Å². The van der Waals surface area contributed by atoms with Crippen LogP contribution in [0.25, 0.3) is 0 Å². The van der Waals surface area contributed by atoms with Gasteiger partial charge in [0.15, 0.2) is 5.17 Å². The van der Waals surface area contributed by atoms with Gasteiger partial charge >= 0.3 is 5.97 Å². The van der Waals surface area contributed by atoms with E-state index in [-0.39, 0.29) is 10.8 Å². The number of hydrogen-bond donors (Lipinski definition) is 0. The molecule has 0 N–H and O–H groups in total. The van der Waals surface area contributed by atoms with Crippen molar-refractivity contribution in [1.82, 2.24) is 5.01 Å². The molecule has 2 rings (SSSR count). The zero-order valence-electron chi connectivity index (χ0n) is 12.7. The first-order valence-electron chi connectivity index (χ1n) is 6.76. The minimum Gasteiger partial charge on any atom is -0.466 e. The highest BCUT2D eigenvalue weighted by Gasteiger charge is 2.34. The molecule has 118 valence electrons. The Kier molecular flexibility index (Phi) is 5.87. The van der Waals surface area contributed by atoms with Gasteiger partial charge in [-0.15, -0.1) is 0 Å². The molecule has 1 fully saturated rings. The quantitative estimate of drug-likeness (QED) is 0.482. The highest BCUT2D eigenvalue weighted by atomic mass is 32.2. The van der Waals surface area contributed by atoms with Gasteiger partial charge in [0.05, 0.1) is 18.9 Å². The number of hydrogen-bond acceptors (Lipinski definition) is 6. The summed E-state index contributed by atoms with van der Waals surface area (Å²) in [6.45, 7) is 1.85. The lowest BCUT2D eigenvalue weighted by Gasteiger charge is -2.11. The molecule has 0 unspecified atom stereocenters. The summed E-state index contributed by atoms with van der Waals surface area (Å²) in [7, 11) is 1.25. The first-order chi connectivity index (χ1) is 11.2. The summed E-state index contributed by atoms with van der Waals surface area (Å²) in [6.07, 6.45) is 6.14. The van der Waals surface area contributed by atoms with Crippen LogP contribution in [0.4, 0.5) is 5.69 Å². The van der Waals surface area contributed by atoms with E-state index in [1.165, 1.54) is 18.3 Å². The van der Waals surface area contributed by atoms with Gasteiger partial charge in [-0.3, -0.25) is 4.79 Å². The number of nitrogens with zero attached hydrogens (tertiary/aromatic N) is 3. The minimum atomic E-state index is -0.624. The Labute approximate surface area is 138 Å². The molecule has 0 amide bonds. The summed E-state index contributed by atoms with van der Waals surface area (Å²) in [5.74, 6) is -0.624. The molecule has 6 nitrogen and oxygen atoms in total. The number of ether oxygens (including phenoxy) is 1. The summed E-state index contributed by atoms with van der Waals surface area (Å²) in [6, 6.07) is 9.20. The molecular weight excluding hydrogens is 314 g/mol. The number of para-hydroxylation sites is 1. The second-order valence-electron chi connectivity index (χ2n) is 4.27. The van der Waals surface area contributed by atoms with Crippen LogP contribution in [0, 0.1) is 0 Å². The maximum absolute atomic E-state index is 12.1. The molecule has 0 aliphatic carbocycles. The first-order valence-corrected chi connectivity index (χ1v) is 7.58. The van der Waals surface area contributed by atoms with Crippen LogP contribution in [0.3, 0.4) is 0 Å². The van der Waals surface area contributed by atoms with Gasteiger partial charge in [-0.1, -0.05) is 24.3 Å². The van der Waals surface area contributed by atoms with Crippen LogP contribution in [-0.2, 0) is 14.3 Å². The topological polar surface area (TPSA) is 71.3 Å². The van der Waals surface area contributed by atoms with Crippen molar-refractivity contribution in [3.63, 3.8) is 0 Å². The third-order valence-corrected chi connectivity index (χ3v) is 3.54. The fraction of sp³-hybridized carbons (Fsp3) is 0.125. The van der Waals surface area contributed by atoms with Crippen molar-refractivity contribution >= 4 is 39.9 Å². The van der Waals surface area contributed by atoms with Crippen molar-refractivity contribution in [2.45, 2.75) is 6.92 Å². The monoisotopic (exact) mass is 329 g/mol. The van der Waals surface area contributed by atoms with Gasteiger partial charge in [0, 0.05) is 6.21 Å². The van der Waals surface area contributed by atoms with Gasteiger partial charge in [0.2, 0.25) is 5.12 Å². The molecule has 1 aliphatic rings. The predicted octanol–water partition coefficient (Wildman–Crippen LogP) is 2.87. The fourth-order valence-corrected chi connectivity index (χ4v) is 2.44. The van der Waals surface area contributed by atoms with Crippen molar-refractivity contribution in [2.75, 3.05) is 7.11 Å². The number of benzene rings is 1. The Morgan fingerprint density at radius 3 is 2.70 bits per heavy atom. The maximum Gasteiger partial charge on any atom is 0.332 e. The lowest BCUT2D eigenvalue weighted by molar-refractivity contribution is -0.135. The molecule has 1 heterocycles. The number of thioether (sulfide) groups is 1. The molecule has 0 radical (unpaired) electrons. The Hall–Kier alpha value is -2.67. The van der Waals surface area contributed by atoms with Crippen molar-refractivity contribution in [2.24, 2.45) is 10.1 Å². The van der Waals surface area contributed by atoms with E-state index in [0.717, 1.165) is 17.8 Å². The number of allylic oxidation sites excluding steroid dienone is 2. The molecule has 0 aromatic heterocycles. The number of carbonyl (C=O) groups excluding carboxylic acids is 2. The molecule has 1 aromatic rings. The van der Waals surface area contributed by atoms with E-state index < -0.39 is 5.97 Å². The number of esters is 1. The zero-order chi connectivity index (χ0) is 16.7. The molecule has 0 bridgehead atoms. The maximum atomic E-state index is 12.1. The number of rotatable bonds is 4. The van der Waals surface area contributed by atoms with E-state index >= 15 is 0 Å². The van der Waals surface area contributed by atoms with Gasteiger partial charge in [0.25, 0.3) is 0 Å². The van der Waals surface area contributed by atoms with Crippen LogP contribution in [0.2, 0.25) is 0 Å². The summed E-state index contributed by atoms with van der Waals surface area (Å²) in [5.41, 5.74) is 0.797. The number of carbonyl (C=O) groups is 2. The number of methoxy groups -OCH3 is 1. The summed E-state index contributed by atoms with van der Waals surface area (Å²) >= 11 is 0.910. The average Bonchev–Trinajstić information content (AvgIpc) is 2.84. The van der Waals surface area contributed by atoms with E-state index in [4.69, 9.17) is 0 Å². The fourth-order valence-electron chi connectivity index (χ4n) is 1.64. The van der Waals surface area contributed by atoms with Crippen molar-refractivity contribution in [3.05, 3.63) is 54.3 Å². The van der Waals surface area contributed by atoms with Gasteiger partial charge in [-0.05, 0) is 36.9 Å². The largest absolute Gasteiger partial charge is 0.466 e.